The molecule has 5 nitrogen and oxygen atoms in total. The third-order valence-corrected chi connectivity index (χ3v) is 1.64. The first-order chi connectivity index (χ1) is 6.21. The Morgan fingerprint density at radius 1 is 1.38 bits per heavy atom. The van der Waals surface area contributed by atoms with Crippen molar-refractivity contribution in [2.45, 2.75) is 13.0 Å². The second kappa shape index (κ2) is 6.73. The molecule has 0 amide bonds. The number of aliphatic hydroxyl groups is 3. The smallest absolute Gasteiger partial charge is 0.174 e. The molecule has 1 atom stereocenters. The molecule has 1 unspecified atom stereocenters. The molecule has 0 heterocycles. The molecule has 3 N–H and O–H groups in total. The van der Waals surface area contributed by atoms with E-state index in [0.29, 0.717) is 0 Å². The third-order valence-electron chi connectivity index (χ3n) is 1.64. The van der Waals surface area contributed by atoms with Gasteiger partial charge in [-0.05, 0) is 13.0 Å². The Bertz CT molecular complexity index is 177. The largest absolute Gasteiger partial charge is 0.394 e. The number of carbonyl (C=O) groups is 1. The van der Waals surface area contributed by atoms with Crippen molar-refractivity contribution in [2.75, 3.05) is 20.1 Å². The van der Waals surface area contributed by atoms with Crippen molar-refractivity contribution in [3.8, 4) is 0 Å². The predicted molar refractivity (Wildman–Crippen MR) is 46.7 cm³/mol. The summed E-state index contributed by atoms with van der Waals surface area (Å²) in [7, 11) is 0. The molecular weight excluding hydrogens is 174 g/mol. The molecule has 0 aliphatic heterocycles. The van der Waals surface area contributed by atoms with Crippen molar-refractivity contribution < 1.29 is 20.1 Å². The normalized spacial score (nSPS) is 13.9. The number of aliphatic hydroxyl groups excluding tert-OH is 3. The van der Waals surface area contributed by atoms with Gasteiger partial charge in [-0.2, -0.15) is 0 Å². The van der Waals surface area contributed by atoms with E-state index in [9.17, 15) is 4.79 Å². The minimum Gasteiger partial charge on any atom is -0.394 e. The van der Waals surface area contributed by atoms with Gasteiger partial charge in [-0.15, -0.1) is 0 Å². The van der Waals surface area contributed by atoms with E-state index in [0.717, 1.165) is 4.90 Å². The second-order valence-corrected chi connectivity index (χ2v) is 2.47. The van der Waals surface area contributed by atoms with Crippen molar-refractivity contribution >= 4 is 5.78 Å². The topological polar surface area (TPSA) is 81.0 Å². The number of hydrogen-bond donors (Lipinski definition) is 3. The predicted octanol–water partition coefficient (Wildman–Crippen LogP) is -1.31. The van der Waals surface area contributed by atoms with Crippen LogP contribution in [0, 0.1) is 0 Å². The van der Waals surface area contributed by atoms with Gasteiger partial charge in [0.25, 0.3) is 0 Å². The van der Waals surface area contributed by atoms with Crippen LogP contribution in [0.2, 0.25) is 0 Å². The molecule has 76 valence electrons. The Morgan fingerprint density at radius 3 is 2.23 bits per heavy atom. The Labute approximate surface area is 76.9 Å². The lowest BCUT2D eigenvalue weighted by Crippen LogP contribution is -2.44. The van der Waals surface area contributed by atoms with Crippen molar-refractivity contribution in [2.24, 2.45) is 0 Å². The van der Waals surface area contributed by atoms with E-state index in [1.165, 1.54) is 12.2 Å². The van der Waals surface area contributed by atoms with E-state index < -0.39 is 26.1 Å². The highest BCUT2D eigenvalue weighted by Gasteiger charge is 2.21. The lowest BCUT2D eigenvalue weighted by atomic mass is 10.1. The highest BCUT2D eigenvalue weighted by molar-refractivity contribution is 5.94. The van der Waals surface area contributed by atoms with Crippen LogP contribution in [-0.2, 0) is 4.79 Å². The number of ketones is 1. The second-order valence-electron chi connectivity index (χ2n) is 2.47. The Balaban J connectivity index is 4.38. The molecule has 0 rings (SSSR count). The van der Waals surface area contributed by atoms with Gasteiger partial charge >= 0.3 is 0 Å². The van der Waals surface area contributed by atoms with Crippen molar-refractivity contribution in [1.29, 1.82) is 0 Å². The lowest BCUT2D eigenvalue weighted by molar-refractivity contribution is -0.125. The molecule has 0 fully saturated rings. The standard InChI is InChI=1S/C8H15NO4/c1-2-3-8(13)7(4-10)9(5-11)6-12/h2-3,7,10-12H,4-6H2,1H3. The van der Waals surface area contributed by atoms with Crippen LogP contribution < -0.4 is 0 Å². The van der Waals surface area contributed by atoms with Crippen LogP contribution in [-0.4, -0.2) is 52.1 Å². The molecule has 13 heavy (non-hydrogen) atoms. The third kappa shape index (κ3) is 3.65. The first-order valence-corrected chi connectivity index (χ1v) is 3.94. The number of nitrogens with zero attached hydrogens (tertiary/aromatic N) is 1. The summed E-state index contributed by atoms with van der Waals surface area (Å²) in [6.45, 7) is 0.314. The summed E-state index contributed by atoms with van der Waals surface area (Å²) in [4.78, 5) is 12.3. The summed E-state index contributed by atoms with van der Waals surface area (Å²) in [6, 6.07) is -0.869. The molecule has 0 aliphatic carbocycles. The Hall–Kier alpha value is -0.750. The van der Waals surface area contributed by atoms with Crippen LogP contribution in [0.4, 0.5) is 0 Å². The molecule has 0 saturated heterocycles. The Kier molecular flexibility index (Phi) is 6.34. The van der Waals surface area contributed by atoms with E-state index in [1.807, 2.05) is 0 Å². The van der Waals surface area contributed by atoms with E-state index in [-0.39, 0.29) is 5.78 Å². The zero-order valence-electron chi connectivity index (χ0n) is 7.55. The average molecular weight is 189 g/mol. The van der Waals surface area contributed by atoms with Crippen molar-refractivity contribution in [1.82, 2.24) is 4.90 Å². The van der Waals surface area contributed by atoms with Gasteiger partial charge in [-0.3, -0.25) is 4.79 Å². The summed E-state index contributed by atoms with van der Waals surface area (Å²) in [5.41, 5.74) is 0. The van der Waals surface area contributed by atoms with E-state index in [4.69, 9.17) is 15.3 Å². The van der Waals surface area contributed by atoms with Crippen LogP contribution in [0.5, 0.6) is 0 Å². The van der Waals surface area contributed by atoms with E-state index in [1.54, 1.807) is 6.92 Å². The molecule has 5 heteroatoms. The van der Waals surface area contributed by atoms with Gasteiger partial charge in [-0.25, -0.2) is 4.90 Å². The summed E-state index contributed by atoms with van der Waals surface area (Å²) >= 11 is 0. The zero-order valence-corrected chi connectivity index (χ0v) is 7.55. The molecule has 0 bridgehead atoms. The number of allylic oxidation sites excluding steroid dienone is 1. The SMILES string of the molecule is CC=CC(=O)C(CO)N(CO)CO. The molecule has 0 saturated carbocycles. The van der Waals surface area contributed by atoms with E-state index >= 15 is 0 Å². The lowest BCUT2D eigenvalue weighted by Gasteiger charge is -2.23. The highest BCUT2D eigenvalue weighted by Crippen LogP contribution is 1.99. The zero-order chi connectivity index (χ0) is 10.3. The maximum absolute atomic E-state index is 11.2. The first-order valence-electron chi connectivity index (χ1n) is 3.94. The minimum atomic E-state index is -0.869. The van der Waals surface area contributed by atoms with Gasteiger partial charge in [0.05, 0.1) is 26.1 Å². The van der Waals surface area contributed by atoms with Crippen LogP contribution in [0.15, 0.2) is 12.2 Å². The molecule has 0 radical (unpaired) electrons. The molecule has 0 aromatic heterocycles. The first kappa shape index (κ1) is 12.2. The van der Waals surface area contributed by atoms with Crippen LogP contribution in [0.25, 0.3) is 0 Å². The maximum atomic E-state index is 11.2. The number of hydrogen-bond acceptors (Lipinski definition) is 5. The highest BCUT2D eigenvalue weighted by atomic mass is 16.3. The molecule has 0 aromatic rings. The van der Waals surface area contributed by atoms with Crippen molar-refractivity contribution in [3.63, 3.8) is 0 Å². The maximum Gasteiger partial charge on any atom is 0.174 e. The van der Waals surface area contributed by atoms with Gasteiger partial charge in [0.2, 0.25) is 0 Å². The summed E-state index contributed by atoms with van der Waals surface area (Å²) < 4.78 is 0. The molecular formula is C8H15NO4. The summed E-state index contributed by atoms with van der Waals surface area (Å²) in [5, 5.41) is 26.3. The fourth-order valence-electron chi connectivity index (χ4n) is 0.903. The minimum absolute atomic E-state index is 0.340. The average Bonchev–Trinajstić information content (AvgIpc) is 2.14. The van der Waals surface area contributed by atoms with Crippen LogP contribution >= 0.6 is 0 Å². The van der Waals surface area contributed by atoms with Crippen molar-refractivity contribution in [3.05, 3.63) is 12.2 Å². The Morgan fingerprint density at radius 2 is 1.92 bits per heavy atom. The van der Waals surface area contributed by atoms with Gasteiger partial charge in [0.15, 0.2) is 5.78 Å². The van der Waals surface area contributed by atoms with Crippen LogP contribution in [0.3, 0.4) is 0 Å². The summed E-state index contributed by atoms with van der Waals surface area (Å²) in [6.07, 6.45) is 2.83. The summed E-state index contributed by atoms with van der Waals surface area (Å²) in [5.74, 6) is -0.340. The van der Waals surface area contributed by atoms with Gasteiger partial charge in [0.1, 0.15) is 0 Å². The van der Waals surface area contributed by atoms with Crippen LogP contribution in [0.1, 0.15) is 6.92 Å². The van der Waals surface area contributed by atoms with Gasteiger partial charge < -0.3 is 15.3 Å². The molecule has 0 aliphatic rings. The molecule has 0 spiro atoms. The van der Waals surface area contributed by atoms with E-state index in [2.05, 4.69) is 0 Å². The molecule has 0 aromatic carbocycles. The quantitative estimate of drug-likeness (QED) is 0.357. The fraction of sp³-hybridized carbons (Fsp3) is 0.625. The number of carbonyl (C=O) groups excluding carboxylic acids is 1. The number of rotatable bonds is 6. The van der Waals surface area contributed by atoms with Gasteiger partial charge in [0, 0.05) is 0 Å². The monoisotopic (exact) mass is 189 g/mol. The van der Waals surface area contributed by atoms with Gasteiger partial charge in [-0.1, -0.05) is 6.08 Å². The fourth-order valence-corrected chi connectivity index (χ4v) is 0.903.